The van der Waals surface area contributed by atoms with Gasteiger partial charge in [-0.05, 0) is 19.4 Å². The van der Waals surface area contributed by atoms with Crippen molar-refractivity contribution < 1.29 is 9.90 Å². The van der Waals surface area contributed by atoms with Gasteiger partial charge in [-0.2, -0.15) is 0 Å². The summed E-state index contributed by atoms with van der Waals surface area (Å²) in [6.45, 7) is 4.59. The van der Waals surface area contributed by atoms with Gasteiger partial charge in [-0.25, -0.2) is 4.98 Å². The third kappa shape index (κ3) is 4.00. The minimum Gasteiger partial charge on any atom is -0.389 e. The molecule has 100 valence electrons. The molecular weight excluding hydrogens is 230 g/mol. The Morgan fingerprint density at radius 3 is 2.89 bits per heavy atom. The number of aliphatic hydroxyl groups excluding tert-OH is 1. The minimum absolute atomic E-state index is 0.122. The molecule has 1 heterocycles. The first-order valence-electron chi connectivity index (χ1n) is 6.22. The number of hydrogen-bond donors (Lipinski definition) is 2. The van der Waals surface area contributed by atoms with Gasteiger partial charge < -0.3 is 15.7 Å². The van der Waals surface area contributed by atoms with Crippen molar-refractivity contribution in [2.24, 2.45) is 5.73 Å². The Morgan fingerprint density at radius 2 is 2.33 bits per heavy atom. The van der Waals surface area contributed by atoms with Crippen molar-refractivity contribution in [3.8, 4) is 0 Å². The van der Waals surface area contributed by atoms with Crippen LogP contribution in [0, 0.1) is 0 Å². The second-order valence-corrected chi connectivity index (χ2v) is 4.33. The first-order chi connectivity index (χ1) is 8.56. The maximum absolute atomic E-state index is 11.1. The maximum atomic E-state index is 11.1. The largest absolute Gasteiger partial charge is 0.389 e. The number of carbonyl (C=O) groups is 1. The molecule has 0 radical (unpaired) electrons. The highest BCUT2D eigenvalue weighted by atomic mass is 16.3. The summed E-state index contributed by atoms with van der Waals surface area (Å²) in [6, 6.07) is 3.58. The second-order valence-electron chi connectivity index (χ2n) is 4.33. The Morgan fingerprint density at radius 1 is 1.61 bits per heavy atom. The Balaban J connectivity index is 2.99. The number of hydrogen-bond acceptors (Lipinski definition) is 4. The third-order valence-corrected chi connectivity index (χ3v) is 2.69. The predicted octanol–water partition coefficient (Wildman–Crippen LogP) is 1.23. The minimum atomic E-state index is -0.620. The van der Waals surface area contributed by atoms with E-state index in [1.165, 1.54) is 0 Å². The molecule has 5 heteroatoms. The Hall–Kier alpha value is -1.62. The maximum Gasteiger partial charge on any atom is 0.236 e. The highest BCUT2D eigenvalue weighted by Crippen LogP contribution is 2.23. The van der Waals surface area contributed by atoms with Crippen LogP contribution < -0.4 is 10.6 Å². The van der Waals surface area contributed by atoms with Gasteiger partial charge in [0.2, 0.25) is 5.91 Å². The molecule has 0 bridgehead atoms. The number of aliphatic hydroxyl groups is 1. The summed E-state index contributed by atoms with van der Waals surface area (Å²) in [5, 5.41) is 9.73. The molecule has 0 saturated carbocycles. The first-order valence-corrected chi connectivity index (χ1v) is 6.22. The number of pyridine rings is 1. The molecule has 5 nitrogen and oxygen atoms in total. The average molecular weight is 251 g/mol. The molecule has 1 aromatic heterocycles. The van der Waals surface area contributed by atoms with Gasteiger partial charge in [0.05, 0.1) is 12.6 Å². The van der Waals surface area contributed by atoms with Crippen molar-refractivity contribution in [3.63, 3.8) is 0 Å². The van der Waals surface area contributed by atoms with E-state index >= 15 is 0 Å². The zero-order chi connectivity index (χ0) is 13.5. The summed E-state index contributed by atoms with van der Waals surface area (Å²) in [7, 11) is 0. The molecule has 0 aliphatic heterocycles. The van der Waals surface area contributed by atoms with Crippen molar-refractivity contribution in [1.29, 1.82) is 0 Å². The standard InChI is InChI=1S/C13H21N3O2/c1-3-4-8-16(9-12(14)18)13-11(10(2)17)6-5-7-15-13/h5-7,10,17H,3-4,8-9H2,1-2H3,(H2,14,18)/t10-/m1/s1. The van der Waals surface area contributed by atoms with E-state index in [1.807, 2.05) is 11.0 Å². The highest BCUT2D eigenvalue weighted by molar-refractivity contribution is 5.79. The quantitative estimate of drug-likeness (QED) is 0.763. The SMILES string of the molecule is CCCCN(CC(N)=O)c1ncccc1[C@@H](C)O. The van der Waals surface area contributed by atoms with Crippen LogP contribution in [0.4, 0.5) is 5.82 Å². The molecule has 1 rings (SSSR count). The number of nitrogens with zero attached hydrogens (tertiary/aromatic N) is 2. The Labute approximate surface area is 108 Å². The number of primary amides is 1. The van der Waals surface area contributed by atoms with Gasteiger partial charge in [-0.15, -0.1) is 0 Å². The first kappa shape index (κ1) is 14.4. The third-order valence-electron chi connectivity index (χ3n) is 2.69. The molecule has 18 heavy (non-hydrogen) atoms. The fraction of sp³-hybridized carbons (Fsp3) is 0.538. The van der Waals surface area contributed by atoms with Crippen LogP contribution in [-0.4, -0.2) is 29.1 Å². The van der Waals surface area contributed by atoms with E-state index in [1.54, 1.807) is 19.2 Å². The number of amides is 1. The van der Waals surface area contributed by atoms with E-state index in [-0.39, 0.29) is 6.54 Å². The summed E-state index contributed by atoms with van der Waals surface area (Å²) in [5.74, 6) is 0.244. The van der Waals surface area contributed by atoms with Crippen LogP contribution in [0.3, 0.4) is 0 Å². The second kappa shape index (κ2) is 6.96. The van der Waals surface area contributed by atoms with Gasteiger partial charge in [0.15, 0.2) is 0 Å². The summed E-state index contributed by atoms with van der Waals surface area (Å²) >= 11 is 0. The molecule has 0 fully saturated rings. The van der Waals surface area contributed by atoms with Crippen LogP contribution in [-0.2, 0) is 4.79 Å². The summed E-state index contributed by atoms with van der Waals surface area (Å²) in [4.78, 5) is 17.2. The Kier molecular flexibility index (Phi) is 5.58. The smallest absolute Gasteiger partial charge is 0.236 e. The van der Waals surface area contributed by atoms with Gasteiger partial charge in [-0.3, -0.25) is 4.79 Å². The molecule has 0 aromatic carbocycles. The zero-order valence-corrected chi connectivity index (χ0v) is 11.0. The van der Waals surface area contributed by atoms with E-state index in [2.05, 4.69) is 11.9 Å². The number of nitrogens with two attached hydrogens (primary N) is 1. The number of rotatable bonds is 7. The van der Waals surface area contributed by atoms with Crippen LogP contribution in [0.5, 0.6) is 0 Å². The van der Waals surface area contributed by atoms with Gasteiger partial charge in [0.1, 0.15) is 5.82 Å². The van der Waals surface area contributed by atoms with Gasteiger partial charge in [0, 0.05) is 18.3 Å². The average Bonchev–Trinajstić information content (AvgIpc) is 2.34. The molecule has 3 N–H and O–H groups in total. The van der Waals surface area contributed by atoms with Gasteiger partial charge >= 0.3 is 0 Å². The summed E-state index contributed by atoms with van der Waals surface area (Å²) in [5.41, 5.74) is 5.98. The number of aromatic nitrogens is 1. The Bertz CT molecular complexity index is 394. The lowest BCUT2D eigenvalue weighted by Gasteiger charge is -2.25. The van der Waals surface area contributed by atoms with E-state index < -0.39 is 12.0 Å². The van der Waals surface area contributed by atoms with E-state index in [0.717, 1.165) is 18.4 Å². The number of anilines is 1. The van der Waals surface area contributed by atoms with Crippen molar-refractivity contribution in [2.45, 2.75) is 32.8 Å². The van der Waals surface area contributed by atoms with Gasteiger partial charge in [-0.1, -0.05) is 19.4 Å². The molecule has 0 aliphatic rings. The lowest BCUT2D eigenvalue weighted by atomic mass is 10.1. The molecular formula is C13H21N3O2. The van der Waals surface area contributed by atoms with E-state index in [9.17, 15) is 9.90 Å². The number of carbonyl (C=O) groups excluding carboxylic acids is 1. The van der Waals surface area contributed by atoms with Crippen LogP contribution >= 0.6 is 0 Å². The normalized spacial score (nSPS) is 12.2. The van der Waals surface area contributed by atoms with Crippen LogP contribution in [0.1, 0.15) is 38.4 Å². The molecule has 1 amide bonds. The van der Waals surface area contributed by atoms with Crippen molar-refractivity contribution in [3.05, 3.63) is 23.9 Å². The van der Waals surface area contributed by atoms with Crippen LogP contribution in [0.2, 0.25) is 0 Å². The number of unbranched alkanes of at least 4 members (excludes halogenated alkanes) is 1. The fourth-order valence-electron chi connectivity index (χ4n) is 1.80. The molecule has 0 spiro atoms. The van der Waals surface area contributed by atoms with Crippen LogP contribution in [0.25, 0.3) is 0 Å². The molecule has 1 atom stereocenters. The summed E-state index contributed by atoms with van der Waals surface area (Å²) < 4.78 is 0. The lowest BCUT2D eigenvalue weighted by molar-refractivity contribution is -0.116. The van der Waals surface area contributed by atoms with E-state index in [4.69, 9.17) is 5.73 Å². The highest BCUT2D eigenvalue weighted by Gasteiger charge is 2.16. The monoisotopic (exact) mass is 251 g/mol. The lowest BCUT2D eigenvalue weighted by Crippen LogP contribution is -2.35. The zero-order valence-electron chi connectivity index (χ0n) is 11.0. The summed E-state index contributed by atoms with van der Waals surface area (Å²) in [6.07, 6.45) is 3.00. The fourth-order valence-corrected chi connectivity index (χ4v) is 1.80. The van der Waals surface area contributed by atoms with Crippen molar-refractivity contribution >= 4 is 11.7 Å². The molecule has 0 aliphatic carbocycles. The van der Waals surface area contributed by atoms with E-state index in [0.29, 0.717) is 12.4 Å². The molecule has 0 saturated heterocycles. The van der Waals surface area contributed by atoms with Crippen molar-refractivity contribution in [1.82, 2.24) is 4.98 Å². The van der Waals surface area contributed by atoms with Crippen molar-refractivity contribution in [2.75, 3.05) is 18.0 Å². The topological polar surface area (TPSA) is 79.5 Å². The molecule has 1 aromatic rings. The van der Waals surface area contributed by atoms with Crippen LogP contribution in [0.15, 0.2) is 18.3 Å². The van der Waals surface area contributed by atoms with Gasteiger partial charge in [0.25, 0.3) is 0 Å². The molecule has 0 unspecified atom stereocenters. The predicted molar refractivity (Wildman–Crippen MR) is 71.2 cm³/mol.